The van der Waals surface area contributed by atoms with E-state index in [1.807, 2.05) is 48.7 Å². The van der Waals surface area contributed by atoms with Crippen LogP contribution in [0.5, 0.6) is 11.5 Å². The van der Waals surface area contributed by atoms with Gasteiger partial charge in [0, 0.05) is 52.5 Å². The number of rotatable bonds is 8. The second-order valence-electron chi connectivity index (χ2n) is 16.8. The van der Waals surface area contributed by atoms with Crippen LogP contribution in [0.3, 0.4) is 0 Å². The first-order chi connectivity index (χ1) is 36.2. The van der Waals surface area contributed by atoms with Crippen LogP contribution >= 0.6 is 0 Å². The maximum absolute atomic E-state index is 9.05. The molecule has 324 valence electrons. The Morgan fingerprint density at radius 2 is 1.33 bits per heavy atom. The van der Waals surface area contributed by atoms with Crippen LogP contribution in [0, 0.1) is 32.2 Å². The number of aryl methyl sites for hydroxylation is 2. The van der Waals surface area contributed by atoms with Crippen molar-refractivity contribution in [1.29, 1.82) is 0 Å². The SMILES string of the molecule is [2H]c1c([2H])c([2H])c(-c2ccccc2-[n+]2[c-]n(-c3[c-]c(Oc4[c-]c5c(cc4)c4ccccc4n5-c4cc(C(C)(C)C)ccn4)ccc3)c3cccc(-c4c(-c5ccccc5C([2H])([2H])[2H])cccc4C([2H])([2H])[2H])c32)c([2H])c1[2H].[Pt]. The molecule has 6 heteroatoms. The maximum Gasteiger partial charge on any atom is 0.268 e. The Labute approximate surface area is 416 Å². The number of benzene rings is 8. The summed E-state index contributed by atoms with van der Waals surface area (Å²) in [5, 5.41) is 1.99. The molecular formula is C60H46N4OPt-2. The standard InChI is InChI=1S/C60H46N4O.Pt/c1-40-18-9-10-24-47(40)51-27-15-19-41(2)58(51)52-28-17-31-55-59(52)63(53-29-13-11-25-48(53)42-20-7-6-8-21-42)39-62(55)44-22-16-23-45(37-44)65-46-32-33-50-49-26-12-14-30-54(49)64(56(50)38-46)57-36-43(34-35-61-57)60(3,4)5;/h6-36H,1-5H3;/q-2;/i1D3,2D3,6D,7D,8D,20D,21D;. The second-order valence-corrected chi connectivity index (χ2v) is 16.8. The third kappa shape index (κ3) is 7.53. The first-order valence-electron chi connectivity index (χ1n) is 26.7. The van der Waals surface area contributed by atoms with Crippen molar-refractivity contribution < 1.29 is 45.4 Å². The summed E-state index contributed by atoms with van der Waals surface area (Å²) in [7, 11) is 0. The maximum atomic E-state index is 9.05. The smallest absolute Gasteiger partial charge is 0.268 e. The van der Waals surface area contributed by atoms with E-state index in [9.17, 15) is 0 Å². The van der Waals surface area contributed by atoms with Crippen LogP contribution in [-0.2, 0) is 26.5 Å². The number of para-hydroxylation sites is 3. The molecule has 0 spiro atoms. The van der Waals surface area contributed by atoms with Crippen molar-refractivity contribution in [2.45, 2.75) is 39.9 Å². The fourth-order valence-electron chi connectivity index (χ4n) is 8.68. The van der Waals surface area contributed by atoms with Crippen LogP contribution < -0.4 is 9.30 Å². The molecule has 0 aliphatic heterocycles. The van der Waals surface area contributed by atoms with Gasteiger partial charge < -0.3 is 13.9 Å². The van der Waals surface area contributed by atoms with Crippen molar-refractivity contribution >= 4 is 32.8 Å². The van der Waals surface area contributed by atoms with Crippen LogP contribution in [0.25, 0.3) is 83.4 Å². The quantitative estimate of drug-likeness (QED) is 0.112. The third-order valence-electron chi connectivity index (χ3n) is 11.8. The summed E-state index contributed by atoms with van der Waals surface area (Å²) in [4.78, 5) is 4.82. The number of hydrogen-bond acceptors (Lipinski definition) is 2. The van der Waals surface area contributed by atoms with Gasteiger partial charge in [0.2, 0.25) is 0 Å². The molecule has 0 amide bonds. The summed E-state index contributed by atoms with van der Waals surface area (Å²) in [6.45, 7) is 1.24. The number of imidazole rings is 1. The van der Waals surface area contributed by atoms with E-state index in [1.54, 1.807) is 88.0 Å². The Morgan fingerprint density at radius 3 is 2.18 bits per heavy atom. The molecule has 3 heterocycles. The minimum Gasteiger partial charge on any atom is -0.510 e. The summed E-state index contributed by atoms with van der Waals surface area (Å²) in [5.41, 5.74) is 5.97. The number of aromatic nitrogens is 4. The molecule has 3 aromatic heterocycles. The zero-order valence-electron chi connectivity index (χ0n) is 47.0. The number of hydrogen-bond donors (Lipinski definition) is 0. The van der Waals surface area contributed by atoms with Gasteiger partial charge in [-0.2, -0.15) is 18.2 Å². The van der Waals surface area contributed by atoms with Crippen LogP contribution in [0.2, 0.25) is 0 Å². The van der Waals surface area contributed by atoms with Crippen molar-refractivity contribution in [2.75, 3.05) is 0 Å². The van der Waals surface area contributed by atoms with E-state index in [-0.39, 0.29) is 54.3 Å². The number of fused-ring (bicyclic) bond motifs is 4. The van der Waals surface area contributed by atoms with E-state index in [4.69, 9.17) is 24.8 Å². The molecule has 0 atom stereocenters. The Balaban J connectivity index is 0.00000672. The second kappa shape index (κ2) is 17.2. The molecule has 0 saturated heterocycles. The van der Waals surface area contributed by atoms with E-state index in [0.717, 1.165) is 33.2 Å². The topological polar surface area (TPSA) is 35.9 Å². The Bertz CT molecular complexity index is 4110. The van der Waals surface area contributed by atoms with Crippen molar-refractivity contribution in [3.63, 3.8) is 0 Å². The van der Waals surface area contributed by atoms with Crippen molar-refractivity contribution in [1.82, 2.24) is 14.1 Å². The van der Waals surface area contributed by atoms with Gasteiger partial charge in [0.25, 0.3) is 6.33 Å². The van der Waals surface area contributed by atoms with E-state index >= 15 is 0 Å². The van der Waals surface area contributed by atoms with E-state index < -0.39 is 43.9 Å². The Morgan fingerprint density at radius 1 is 0.636 bits per heavy atom. The molecule has 0 N–H and O–H groups in total. The molecule has 0 fully saturated rings. The Kier molecular flexibility index (Phi) is 8.23. The minimum atomic E-state index is -2.69. The van der Waals surface area contributed by atoms with Crippen molar-refractivity contribution in [2.24, 2.45) is 0 Å². The monoisotopic (exact) mass is 1040 g/mol. The van der Waals surface area contributed by atoms with Crippen LogP contribution in [0.4, 0.5) is 0 Å². The van der Waals surface area contributed by atoms with Crippen LogP contribution in [0.1, 0.15) is 52.5 Å². The molecule has 11 aromatic rings. The molecule has 0 saturated carbocycles. The molecular weight excluding hydrogens is 988 g/mol. The van der Waals surface area contributed by atoms with Gasteiger partial charge in [-0.05, 0) is 105 Å². The average Bonchev–Trinajstić information content (AvgIpc) is 4.11. The molecule has 8 aromatic carbocycles. The van der Waals surface area contributed by atoms with Crippen molar-refractivity contribution in [3.8, 4) is 62.1 Å². The van der Waals surface area contributed by atoms with Crippen LogP contribution in [0.15, 0.2) is 188 Å². The van der Waals surface area contributed by atoms with Crippen LogP contribution in [-0.4, -0.2) is 14.1 Å². The Hall–Kier alpha value is -7.33. The molecule has 5 nitrogen and oxygen atoms in total. The van der Waals surface area contributed by atoms with Gasteiger partial charge in [0.15, 0.2) is 0 Å². The summed E-state index contributed by atoms with van der Waals surface area (Å²) >= 11 is 0. The van der Waals surface area contributed by atoms with E-state index in [2.05, 4.69) is 62.0 Å². The molecule has 0 aliphatic rings. The fourth-order valence-corrected chi connectivity index (χ4v) is 8.68. The molecule has 0 bridgehead atoms. The average molecular weight is 1050 g/mol. The predicted molar refractivity (Wildman–Crippen MR) is 264 cm³/mol. The van der Waals surface area contributed by atoms with E-state index in [0.29, 0.717) is 50.6 Å². The van der Waals surface area contributed by atoms with Crippen molar-refractivity contribution in [3.05, 3.63) is 223 Å². The van der Waals surface area contributed by atoms with Gasteiger partial charge in [0.05, 0.1) is 23.6 Å². The van der Waals surface area contributed by atoms with Gasteiger partial charge in [-0.25, -0.2) is 4.98 Å². The first kappa shape index (κ1) is 31.5. The zero-order chi connectivity index (χ0) is 53.6. The van der Waals surface area contributed by atoms with Gasteiger partial charge >= 0.3 is 0 Å². The molecule has 0 aliphatic carbocycles. The summed E-state index contributed by atoms with van der Waals surface area (Å²) < 4.78 is 108. The summed E-state index contributed by atoms with van der Waals surface area (Å²) in [6.07, 6.45) is 5.32. The largest absolute Gasteiger partial charge is 0.510 e. The van der Waals surface area contributed by atoms with Gasteiger partial charge in [-0.1, -0.05) is 154 Å². The molecule has 0 radical (unpaired) electrons. The van der Waals surface area contributed by atoms with Gasteiger partial charge in [-0.15, -0.1) is 29.7 Å². The number of pyridine rings is 1. The third-order valence-corrected chi connectivity index (χ3v) is 11.8. The number of nitrogens with zero attached hydrogens (tertiary/aromatic N) is 4. The summed E-state index contributed by atoms with van der Waals surface area (Å²) in [5.74, 6) is 1.48. The molecule has 11 rings (SSSR count). The zero-order valence-corrected chi connectivity index (χ0v) is 38.3. The van der Waals surface area contributed by atoms with Gasteiger partial charge in [0.1, 0.15) is 5.82 Å². The number of ether oxygens (including phenoxy) is 1. The predicted octanol–water partition coefficient (Wildman–Crippen LogP) is 14.5. The van der Waals surface area contributed by atoms with E-state index in [1.165, 1.54) is 12.1 Å². The fraction of sp³-hybridized carbons (Fsp3) is 0.100. The molecule has 0 unspecified atom stereocenters. The summed E-state index contributed by atoms with van der Waals surface area (Å²) in [6, 6.07) is 49.6. The minimum absolute atomic E-state index is 0. The normalized spacial score (nSPS) is 14.4. The molecule has 66 heavy (non-hydrogen) atoms. The van der Waals surface area contributed by atoms with Gasteiger partial charge in [-0.3, -0.25) is 4.57 Å². The first-order valence-corrected chi connectivity index (χ1v) is 21.2.